The van der Waals surface area contributed by atoms with Crippen LogP contribution in [0.25, 0.3) is 0 Å². The van der Waals surface area contributed by atoms with Crippen LogP contribution in [0.1, 0.15) is 15.4 Å². The summed E-state index contributed by atoms with van der Waals surface area (Å²) in [4.78, 5) is 5.34. The van der Waals surface area contributed by atoms with E-state index in [4.69, 9.17) is 5.26 Å². The molecule has 5 nitrogen and oxygen atoms in total. The van der Waals surface area contributed by atoms with Gasteiger partial charge in [0, 0.05) is 11.1 Å². The molecule has 2 rings (SSSR count). The number of hydrogen-bond donors (Lipinski definition) is 1. The summed E-state index contributed by atoms with van der Waals surface area (Å²) in [5.74, 6) is 0. The highest BCUT2D eigenvalue weighted by Gasteiger charge is 2.14. The standard InChI is InChI=1S/C13H13N3O2S2/c1-10-8-15-13(19-10)9-16-20(17,18)12-4-2-11(3-5-12)6-7-14/h2-5,8,16H,6,9H2,1H3. The van der Waals surface area contributed by atoms with Crippen molar-refractivity contribution < 1.29 is 8.42 Å². The van der Waals surface area contributed by atoms with Crippen LogP contribution < -0.4 is 4.72 Å². The molecule has 0 spiro atoms. The third-order valence-electron chi connectivity index (χ3n) is 2.60. The number of aryl methyl sites for hydroxylation is 1. The summed E-state index contributed by atoms with van der Waals surface area (Å²) in [5.41, 5.74) is 0.794. The highest BCUT2D eigenvalue weighted by atomic mass is 32.2. The molecule has 0 atom stereocenters. The van der Waals surface area contributed by atoms with E-state index in [1.165, 1.54) is 23.5 Å². The summed E-state index contributed by atoms with van der Waals surface area (Å²) in [6.45, 7) is 2.10. The highest BCUT2D eigenvalue weighted by molar-refractivity contribution is 7.89. The number of nitrogens with one attached hydrogen (secondary N) is 1. The number of benzene rings is 1. The predicted molar refractivity (Wildman–Crippen MR) is 76.6 cm³/mol. The maximum atomic E-state index is 12.1. The molecule has 0 amide bonds. The number of rotatable bonds is 5. The molecule has 0 saturated carbocycles. The van der Waals surface area contributed by atoms with E-state index < -0.39 is 10.0 Å². The number of nitriles is 1. The van der Waals surface area contributed by atoms with E-state index in [1.54, 1.807) is 18.3 Å². The van der Waals surface area contributed by atoms with Crippen LogP contribution in [0, 0.1) is 18.3 Å². The normalized spacial score (nSPS) is 11.2. The van der Waals surface area contributed by atoms with Crippen LogP contribution in [0.3, 0.4) is 0 Å². The van der Waals surface area contributed by atoms with Gasteiger partial charge in [-0.05, 0) is 24.6 Å². The van der Waals surface area contributed by atoms with Crippen LogP contribution in [-0.4, -0.2) is 13.4 Å². The first kappa shape index (κ1) is 14.7. The number of hydrogen-bond acceptors (Lipinski definition) is 5. The second kappa shape index (κ2) is 6.13. The lowest BCUT2D eigenvalue weighted by Gasteiger charge is -2.05. The van der Waals surface area contributed by atoms with E-state index in [-0.39, 0.29) is 17.9 Å². The van der Waals surface area contributed by atoms with Crippen molar-refractivity contribution >= 4 is 21.4 Å². The number of sulfonamides is 1. The Kier molecular flexibility index (Phi) is 4.49. The van der Waals surface area contributed by atoms with Crippen molar-refractivity contribution in [3.8, 4) is 6.07 Å². The zero-order chi connectivity index (χ0) is 14.6. The largest absolute Gasteiger partial charge is 0.248 e. The summed E-state index contributed by atoms with van der Waals surface area (Å²) in [7, 11) is -3.55. The Balaban J connectivity index is 2.08. The first-order valence-corrected chi connectivity index (χ1v) is 8.18. The Morgan fingerprint density at radius 2 is 2.05 bits per heavy atom. The molecular weight excluding hydrogens is 294 g/mol. The molecule has 104 valence electrons. The number of thiazole rings is 1. The summed E-state index contributed by atoms with van der Waals surface area (Å²) in [6.07, 6.45) is 1.98. The fourth-order valence-electron chi connectivity index (χ4n) is 1.60. The van der Waals surface area contributed by atoms with Crippen LogP contribution in [0.4, 0.5) is 0 Å². The zero-order valence-electron chi connectivity index (χ0n) is 10.8. The minimum absolute atomic E-state index is 0.181. The molecule has 0 radical (unpaired) electrons. The Morgan fingerprint density at radius 1 is 1.35 bits per heavy atom. The molecule has 0 bridgehead atoms. The van der Waals surface area contributed by atoms with Crippen LogP contribution in [0.2, 0.25) is 0 Å². The zero-order valence-corrected chi connectivity index (χ0v) is 12.5. The first-order chi connectivity index (χ1) is 9.51. The topological polar surface area (TPSA) is 82.8 Å². The number of aromatic nitrogens is 1. The average molecular weight is 307 g/mol. The third-order valence-corrected chi connectivity index (χ3v) is 4.93. The molecule has 1 aromatic heterocycles. The summed E-state index contributed by atoms with van der Waals surface area (Å²) in [6, 6.07) is 8.31. The minimum atomic E-state index is -3.55. The second-order valence-electron chi connectivity index (χ2n) is 4.17. The van der Waals surface area contributed by atoms with Crippen LogP contribution in [0.5, 0.6) is 0 Å². The van der Waals surface area contributed by atoms with Gasteiger partial charge in [0.05, 0.1) is 23.9 Å². The average Bonchev–Trinajstić information content (AvgIpc) is 2.84. The van der Waals surface area contributed by atoms with Gasteiger partial charge < -0.3 is 0 Å². The van der Waals surface area contributed by atoms with Gasteiger partial charge in [0.25, 0.3) is 0 Å². The predicted octanol–water partition coefficient (Wildman–Crippen LogP) is 2.00. The van der Waals surface area contributed by atoms with E-state index in [0.29, 0.717) is 0 Å². The van der Waals surface area contributed by atoms with Gasteiger partial charge in [-0.3, -0.25) is 0 Å². The maximum Gasteiger partial charge on any atom is 0.240 e. The first-order valence-electron chi connectivity index (χ1n) is 5.88. The summed E-state index contributed by atoms with van der Waals surface area (Å²) in [5, 5.41) is 9.30. The maximum absolute atomic E-state index is 12.1. The molecule has 0 aliphatic heterocycles. The summed E-state index contributed by atoms with van der Waals surface area (Å²) < 4.78 is 26.7. The fourth-order valence-corrected chi connectivity index (χ4v) is 3.41. The lowest BCUT2D eigenvalue weighted by Crippen LogP contribution is -2.23. The van der Waals surface area contributed by atoms with Crippen molar-refractivity contribution in [1.82, 2.24) is 9.71 Å². The molecular formula is C13H13N3O2S2. The summed E-state index contributed by atoms with van der Waals surface area (Å²) >= 11 is 1.46. The molecule has 7 heteroatoms. The number of nitrogens with zero attached hydrogens (tertiary/aromatic N) is 2. The molecule has 20 heavy (non-hydrogen) atoms. The SMILES string of the molecule is Cc1cnc(CNS(=O)(=O)c2ccc(CC#N)cc2)s1. The van der Waals surface area contributed by atoms with Gasteiger partial charge in [-0.25, -0.2) is 18.1 Å². The van der Waals surface area contributed by atoms with Gasteiger partial charge in [-0.2, -0.15) is 5.26 Å². The molecule has 0 fully saturated rings. The molecule has 1 aromatic carbocycles. The van der Waals surface area contributed by atoms with Crippen molar-refractivity contribution in [3.05, 3.63) is 45.9 Å². The van der Waals surface area contributed by atoms with Gasteiger partial charge in [0.1, 0.15) is 5.01 Å². The van der Waals surface area contributed by atoms with Crippen molar-refractivity contribution in [2.75, 3.05) is 0 Å². The van der Waals surface area contributed by atoms with E-state index in [1.807, 2.05) is 13.0 Å². The van der Waals surface area contributed by atoms with Gasteiger partial charge in [0.2, 0.25) is 10.0 Å². The second-order valence-corrected chi connectivity index (χ2v) is 7.25. The van der Waals surface area contributed by atoms with Gasteiger partial charge in [-0.15, -0.1) is 11.3 Å². The van der Waals surface area contributed by atoms with Crippen molar-refractivity contribution in [1.29, 1.82) is 5.26 Å². The van der Waals surface area contributed by atoms with E-state index >= 15 is 0 Å². The molecule has 0 saturated heterocycles. The van der Waals surface area contributed by atoms with E-state index in [2.05, 4.69) is 9.71 Å². The van der Waals surface area contributed by atoms with Gasteiger partial charge >= 0.3 is 0 Å². The molecule has 0 aliphatic rings. The van der Waals surface area contributed by atoms with Crippen LogP contribution >= 0.6 is 11.3 Å². The van der Waals surface area contributed by atoms with Gasteiger partial charge in [-0.1, -0.05) is 12.1 Å². The Hall–Kier alpha value is -1.75. The Labute approximate surface area is 122 Å². The molecule has 2 aromatic rings. The molecule has 0 aliphatic carbocycles. The van der Waals surface area contributed by atoms with Crippen molar-refractivity contribution in [2.45, 2.75) is 24.8 Å². The lowest BCUT2D eigenvalue weighted by atomic mass is 10.2. The van der Waals surface area contributed by atoms with Crippen molar-refractivity contribution in [3.63, 3.8) is 0 Å². The third kappa shape index (κ3) is 3.63. The Bertz CT molecular complexity index is 728. The molecule has 0 unspecified atom stereocenters. The van der Waals surface area contributed by atoms with Crippen LogP contribution in [-0.2, 0) is 23.0 Å². The quantitative estimate of drug-likeness (QED) is 0.915. The molecule has 1 heterocycles. The monoisotopic (exact) mass is 307 g/mol. The van der Waals surface area contributed by atoms with Gasteiger partial charge in [0.15, 0.2) is 0 Å². The van der Waals surface area contributed by atoms with Crippen molar-refractivity contribution in [2.24, 2.45) is 0 Å². The van der Waals surface area contributed by atoms with Crippen LogP contribution in [0.15, 0.2) is 35.4 Å². The highest BCUT2D eigenvalue weighted by Crippen LogP contribution is 2.14. The Morgan fingerprint density at radius 3 is 2.60 bits per heavy atom. The fraction of sp³-hybridized carbons (Fsp3) is 0.231. The lowest BCUT2D eigenvalue weighted by molar-refractivity contribution is 0.581. The van der Waals surface area contributed by atoms with E-state index in [0.717, 1.165) is 15.4 Å². The molecule has 1 N–H and O–H groups in total. The smallest absolute Gasteiger partial charge is 0.240 e. The minimum Gasteiger partial charge on any atom is -0.248 e. The van der Waals surface area contributed by atoms with E-state index in [9.17, 15) is 8.42 Å².